The van der Waals surface area contributed by atoms with E-state index in [0.29, 0.717) is 24.7 Å². The van der Waals surface area contributed by atoms with Gasteiger partial charge >= 0.3 is 0 Å². The molecule has 1 radical (unpaired) electrons. The Hall–Kier alpha value is -1.09. The van der Waals surface area contributed by atoms with Crippen LogP contribution in [0.3, 0.4) is 0 Å². The van der Waals surface area contributed by atoms with Crippen LogP contribution >= 0.6 is 0 Å². The van der Waals surface area contributed by atoms with Gasteiger partial charge in [-0.15, -0.1) is 3.97 Å². The summed E-state index contributed by atoms with van der Waals surface area (Å²) in [6.45, 7) is 7.07. The molecule has 0 saturated carbocycles. The van der Waals surface area contributed by atoms with Crippen LogP contribution in [0.1, 0.15) is 25.8 Å². The van der Waals surface area contributed by atoms with Gasteiger partial charge in [-0.2, -0.15) is 0 Å². The zero-order valence-corrected chi connectivity index (χ0v) is 20.0. The van der Waals surface area contributed by atoms with Gasteiger partial charge in [0.25, 0.3) is 0 Å². The van der Waals surface area contributed by atoms with E-state index in [0.717, 1.165) is 28.8 Å². The van der Waals surface area contributed by atoms with Gasteiger partial charge in [-0.05, 0) is 38.5 Å². The molecule has 0 aliphatic carbocycles. The van der Waals surface area contributed by atoms with Crippen LogP contribution in [0.4, 0.5) is 0 Å². The quantitative estimate of drug-likeness (QED) is 0.323. The molecule has 0 aliphatic heterocycles. The molecule has 0 bridgehead atoms. The molecule has 0 aliphatic rings. The van der Waals surface area contributed by atoms with Crippen molar-refractivity contribution >= 4 is 52.0 Å². The zero-order valence-electron chi connectivity index (χ0n) is 17.1. The second-order valence-electron chi connectivity index (χ2n) is 6.36. The molecule has 2 atom stereocenters. The number of hydrogen-bond donors (Lipinski definition) is 0. The van der Waals surface area contributed by atoms with Crippen LogP contribution in [0.25, 0.3) is 22.6 Å². The number of pyridine rings is 1. The van der Waals surface area contributed by atoms with Crippen LogP contribution in [0.15, 0.2) is 36.5 Å². The number of rotatable bonds is 8. The van der Waals surface area contributed by atoms with Gasteiger partial charge in [0.05, 0.1) is 29.6 Å². The molecule has 28 heavy (non-hydrogen) atoms. The van der Waals surface area contributed by atoms with Gasteiger partial charge < -0.3 is 14.0 Å². The van der Waals surface area contributed by atoms with Gasteiger partial charge in [0.15, 0.2) is 0 Å². The van der Waals surface area contributed by atoms with E-state index >= 15 is 0 Å². The van der Waals surface area contributed by atoms with Gasteiger partial charge in [-0.1, -0.05) is 19.1 Å². The van der Waals surface area contributed by atoms with Crippen molar-refractivity contribution in [2.24, 2.45) is 0 Å². The molecule has 0 fully saturated rings. The predicted octanol–water partition coefficient (Wildman–Crippen LogP) is 3.36. The maximum Gasteiger partial charge on any atom is 0.206 e. The molecule has 3 rings (SSSR count). The maximum atomic E-state index is 12.4. The summed E-state index contributed by atoms with van der Waals surface area (Å²) in [5, 5.41) is 0. The van der Waals surface area contributed by atoms with Crippen LogP contribution in [-0.4, -0.2) is 73.6 Å². The Kier molecular flexibility index (Phi) is 8.80. The fourth-order valence-electron chi connectivity index (χ4n) is 2.83. The van der Waals surface area contributed by atoms with Gasteiger partial charge in [0, 0.05) is 41.3 Å². The molecule has 0 amide bonds. The Labute approximate surface area is 191 Å². The first-order chi connectivity index (χ1) is 13.0. The number of imidazole rings is 1. The number of ether oxygens (including phenoxy) is 2. The molecule has 145 valence electrons. The minimum absolute atomic E-state index is 0. The van der Waals surface area contributed by atoms with Crippen LogP contribution in [0.5, 0.6) is 5.75 Å². The van der Waals surface area contributed by atoms with Crippen LogP contribution < -0.4 is 4.74 Å². The Morgan fingerprint density at radius 1 is 1.21 bits per heavy atom. The van der Waals surface area contributed by atoms with Crippen molar-refractivity contribution in [3.05, 3.63) is 42.1 Å². The number of aromatic nitrogens is 3. The Morgan fingerprint density at radius 3 is 2.68 bits per heavy atom. The van der Waals surface area contributed by atoms with Crippen molar-refractivity contribution in [2.45, 2.75) is 33.3 Å². The molecule has 3 aromatic rings. The van der Waals surface area contributed by atoms with Crippen LogP contribution in [0, 0.1) is 6.92 Å². The van der Waals surface area contributed by atoms with Gasteiger partial charge in [-0.25, -0.2) is 4.98 Å². The average Bonchev–Trinajstić information content (AvgIpc) is 3.05. The molecule has 0 spiro atoms. The molecule has 0 N–H and O–H groups in total. The molecular formula is C20H25N3NaO3S. The van der Waals surface area contributed by atoms with Crippen LogP contribution in [-0.2, 0) is 16.1 Å². The molecule has 1 aromatic carbocycles. The van der Waals surface area contributed by atoms with E-state index in [1.165, 1.54) is 0 Å². The van der Waals surface area contributed by atoms with E-state index < -0.39 is 11.4 Å². The molecule has 8 heteroatoms. The third kappa shape index (κ3) is 5.09. The summed E-state index contributed by atoms with van der Waals surface area (Å²) in [5.41, 5.74) is 3.14. The van der Waals surface area contributed by atoms with Crippen LogP contribution in [0.2, 0.25) is 0 Å². The largest absolute Gasteiger partial charge is 0.593 e. The third-order valence-electron chi connectivity index (χ3n) is 4.46. The van der Waals surface area contributed by atoms with E-state index in [4.69, 9.17) is 9.47 Å². The summed E-state index contributed by atoms with van der Waals surface area (Å²) >= 11 is -1.26. The van der Waals surface area contributed by atoms with Crippen molar-refractivity contribution in [2.75, 3.05) is 19.5 Å². The Morgan fingerprint density at radius 2 is 1.96 bits per heavy atom. The van der Waals surface area contributed by atoms with Gasteiger partial charge in [-0.3, -0.25) is 4.98 Å². The van der Waals surface area contributed by atoms with Gasteiger partial charge in [0.2, 0.25) is 5.82 Å². The number of hydrogen-bond acceptors (Lipinski definition) is 5. The molecule has 2 unspecified atom stereocenters. The number of nitrogens with zero attached hydrogens (tertiary/aromatic N) is 3. The standard InChI is InChI=1S/C20H25N3O3S.Na/c1-5-14(2)25-12-13-26-18-10-11-21-19(15(18)3)20-22-16-8-6-7-9-17(16)23(20)27(4)24;/h6-11,14H,5,12-13H2,1-4H3;. The van der Waals surface area contributed by atoms with Gasteiger partial charge in [0.1, 0.15) is 29.8 Å². The monoisotopic (exact) mass is 410 g/mol. The predicted molar refractivity (Wildman–Crippen MR) is 114 cm³/mol. The van der Waals surface area contributed by atoms with E-state index in [1.54, 1.807) is 16.4 Å². The first-order valence-corrected chi connectivity index (χ1v) is 10.6. The first kappa shape index (κ1) is 23.2. The Bertz CT molecular complexity index is 917. The minimum atomic E-state index is -1.26. The average molecular weight is 410 g/mol. The number of para-hydroxylation sites is 2. The molecular weight excluding hydrogens is 385 g/mol. The second kappa shape index (κ2) is 10.6. The summed E-state index contributed by atoms with van der Waals surface area (Å²) < 4.78 is 25.6. The summed E-state index contributed by atoms with van der Waals surface area (Å²) in [7, 11) is 0. The van der Waals surface area contributed by atoms with Crippen molar-refractivity contribution in [1.82, 2.24) is 13.9 Å². The Balaban J connectivity index is 0.00000280. The number of fused-ring (bicyclic) bond motifs is 1. The summed E-state index contributed by atoms with van der Waals surface area (Å²) in [6.07, 6.45) is 4.53. The summed E-state index contributed by atoms with van der Waals surface area (Å²) in [6, 6.07) is 9.48. The van der Waals surface area contributed by atoms with Crippen molar-refractivity contribution in [3.8, 4) is 17.3 Å². The number of benzene rings is 1. The third-order valence-corrected chi connectivity index (χ3v) is 5.34. The fourth-order valence-corrected chi connectivity index (χ4v) is 3.63. The topological polar surface area (TPSA) is 72.2 Å². The second-order valence-corrected chi connectivity index (χ2v) is 7.58. The van der Waals surface area contributed by atoms with E-state index in [9.17, 15) is 4.55 Å². The SMILES string of the molecule is CCC(C)OCCOc1ccnc(-c2nc3ccccc3n2[S+](C)[O-])c1C.[Na]. The summed E-state index contributed by atoms with van der Waals surface area (Å²) in [5.74, 6) is 1.31. The molecule has 2 aromatic heterocycles. The molecule has 6 nitrogen and oxygen atoms in total. The van der Waals surface area contributed by atoms with E-state index in [1.807, 2.05) is 44.2 Å². The van der Waals surface area contributed by atoms with E-state index in [2.05, 4.69) is 16.9 Å². The molecule has 0 saturated heterocycles. The van der Waals surface area contributed by atoms with Crippen molar-refractivity contribution in [3.63, 3.8) is 0 Å². The van der Waals surface area contributed by atoms with Crippen molar-refractivity contribution in [1.29, 1.82) is 0 Å². The first-order valence-electron chi connectivity index (χ1n) is 9.04. The fraction of sp³-hybridized carbons (Fsp3) is 0.400. The maximum absolute atomic E-state index is 12.4. The zero-order chi connectivity index (χ0) is 19.4. The smallest absolute Gasteiger partial charge is 0.206 e. The normalized spacial score (nSPS) is 13.2. The van der Waals surface area contributed by atoms with E-state index in [-0.39, 0.29) is 35.7 Å². The summed E-state index contributed by atoms with van der Waals surface area (Å²) in [4.78, 5) is 9.15. The minimum Gasteiger partial charge on any atom is -0.593 e. The molecule has 2 heterocycles. The van der Waals surface area contributed by atoms with Crippen molar-refractivity contribution < 1.29 is 14.0 Å².